The van der Waals surface area contributed by atoms with E-state index in [2.05, 4.69) is 5.32 Å². The van der Waals surface area contributed by atoms with Crippen molar-refractivity contribution < 1.29 is 19.4 Å². The Balaban J connectivity index is 2.88. The van der Waals surface area contributed by atoms with Crippen molar-refractivity contribution in [2.24, 2.45) is 5.92 Å². The van der Waals surface area contributed by atoms with Gasteiger partial charge in [0.05, 0.1) is 11.3 Å². The fourth-order valence-electron chi connectivity index (χ4n) is 1.22. The van der Waals surface area contributed by atoms with Crippen LogP contribution in [0.2, 0.25) is 0 Å². The van der Waals surface area contributed by atoms with Crippen LogP contribution in [0.1, 0.15) is 17.3 Å². The number of halogens is 1. The lowest BCUT2D eigenvalue weighted by atomic mass is 10.1. The van der Waals surface area contributed by atoms with Gasteiger partial charge in [0.2, 0.25) is 0 Å². The topological polar surface area (TPSA) is 69.6 Å². The summed E-state index contributed by atoms with van der Waals surface area (Å²) in [6, 6.07) is 3.87. The second-order valence-electron chi connectivity index (χ2n) is 3.64. The van der Waals surface area contributed by atoms with Crippen LogP contribution in [0.15, 0.2) is 18.2 Å². The minimum absolute atomic E-state index is 0.0321. The average molecular weight is 227 g/mol. The van der Waals surface area contributed by atoms with Gasteiger partial charge in [-0.1, -0.05) is 13.0 Å². The first kappa shape index (κ1) is 12.4. The van der Waals surface area contributed by atoms with Gasteiger partial charge in [-0.2, -0.15) is 0 Å². The molecule has 0 saturated carbocycles. The van der Waals surface area contributed by atoms with Crippen LogP contribution in [0, 0.1) is 11.7 Å². The molecular formula is C11H14FNO3. The first-order valence-corrected chi connectivity index (χ1v) is 4.92. The molecule has 0 heterocycles. The summed E-state index contributed by atoms with van der Waals surface area (Å²) >= 11 is 0. The van der Waals surface area contributed by atoms with E-state index in [-0.39, 0.29) is 23.8 Å². The Bertz CT molecular complexity index is 381. The average Bonchev–Trinajstić information content (AvgIpc) is 2.26. The highest BCUT2D eigenvalue weighted by molar-refractivity contribution is 5.94. The maximum absolute atomic E-state index is 13.4. The van der Waals surface area contributed by atoms with Crippen molar-refractivity contribution >= 4 is 11.7 Å². The second-order valence-corrected chi connectivity index (χ2v) is 3.64. The molecule has 0 saturated heterocycles. The third-order valence-electron chi connectivity index (χ3n) is 2.18. The molecule has 16 heavy (non-hydrogen) atoms. The molecule has 1 atom stereocenters. The maximum atomic E-state index is 13.4. The molecule has 3 N–H and O–H groups in total. The molecule has 5 heteroatoms. The Hall–Kier alpha value is -1.62. The molecule has 4 nitrogen and oxygen atoms in total. The number of aliphatic hydroxyl groups is 1. The number of anilines is 1. The highest BCUT2D eigenvalue weighted by Crippen LogP contribution is 2.20. The van der Waals surface area contributed by atoms with Gasteiger partial charge in [0, 0.05) is 13.2 Å². The van der Waals surface area contributed by atoms with Crippen LogP contribution in [0.25, 0.3) is 0 Å². The van der Waals surface area contributed by atoms with E-state index < -0.39 is 11.8 Å². The van der Waals surface area contributed by atoms with Gasteiger partial charge in [0.25, 0.3) is 0 Å². The van der Waals surface area contributed by atoms with Crippen molar-refractivity contribution in [3.63, 3.8) is 0 Å². The Kier molecular flexibility index (Phi) is 4.25. The lowest BCUT2D eigenvalue weighted by Gasteiger charge is -2.13. The number of benzene rings is 1. The molecule has 0 aromatic heterocycles. The van der Waals surface area contributed by atoms with Crippen molar-refractivity contribution in [1.29, 1.82) is 0 Å². The normalized spacial score (nSPS) is 12.2. The van der Waals surface area contributed by atoms with Gasteiger partial charge >= 0.3 is 5.97 Å². The summed E-state index contributed by atoms with van der Waals surface area (Å²) in [6.45, 7) is 2.05. The fourth-order valence-corrected chi connectivity index (χ4v) is 1.22. The number of carbonyl (C=O) groups is 1. The Morgan fingerprint density at radius 2 is 2.25 bits per heavy atom. The largest absolute Gasteiger partial charge is 0.478 e. The highest BCUT2D eigenvalue weighted by Gasteiger charge is 2.14. The molecule has 0 bridgehead atoms. The SMILES string of the molecule is CC(CO)CNc1c(F)cccc1C(=O)O. The van der Waals surface area contributed by atoms with Crippen LogP contribution >= 0.6 is 0 Å². The standard InChI is InChI=1S/C11H14FNO3/c1-7(6-14)5-13-10-8(11(15)16)3-2-4-9(10)12/h2-4,7,13-14H,5-6H2,1H3,(H,15,16). The number of carboxylic acids is 1. The predicted octanol–water partition coefficient (Wildman–Crippen LogP) is 1.56. The number of para-hydroxylation sites is 1. The number of aromatic carboxylic acids is 1. The Morgan fingerprint density at radius 3 is 2.81 bits per heavy atom. The third kappa shape index (κ3) is 2.93. The Morgan fingerprint density at radius 1 is 1.56 bits per heavy atom. The molecule has 0 aliphatic heterocycles. The van der Waals surface area contributed by atoms with Gasteiger partial charge in [0.15, 0.2) is 0 Å². The molecule has 0 aliphatic carbocycles. The van der Waals surface area contributed by atoms with Crippen molar-refractivity contribution in [3.8, 4) is 0 Å². The highest BCUT2D eigenvalue weighted by atomic mass is 19.1. The molecule has 0 aliphatic rings. The first-order valence-electron chi connectivity index (χ1n) is 4.92. The molecule has 0 fully saturated rings. The maximum Gasteiger partial charge on any atom is 0.337 e. The van der Waals surface area contributed by atoms with Crippen LogP contribution in [0.4, 0.5) is 10.1 Å². The van der Waals surface area contributed by atoms with Crippen molar-refractivity contribution in [1.82, 2.24) is 0 Å². The van der Waals surface area contributed by atoms with Crippen LogP contribution < -0.4 is 5.32 Å². The summed E-state index contributed by atoms with van der Waals surface area (Å²) in [4.78, 5) is 10.8. The van der Waals surface area contributed by atoms with Gasteiger partial charge in [-0.3, -0.25) is 0 Å². The van der Waals surface area contributed by atoms with E-state index in [9.17, 15) is 9.18 Å². The van der Waals surface area contributed by atoms with Crippen LogP contribution in [0.3, 0.4) is 0 Å². The van der Waals surface area contributed by atoms with E-state index in [1.165, 1.54) is 18.2 Å². The molecule has 88 valence electrons. The van der Waals surface area contributed by atoms with Crippen molar-refractivity contribution in [2.75, 3.05) is 18.5 Å². The van der Waals surface area contributed by atoms with E-state index in [4.69, 9.17) is 10.2 Å². The summed E-state index contributed by atoms with van der Waals surface area (Å²) in [5, 5.41) is 20.4. The van der Waals surface area contributed by atoms with E-state index in [1.54, 1.807) is 6.92 Å². The molecule has 1 rings (SSSR count). The zero-order valence-corrected chi connectivity index (χ0v) is 8.90. The number of nitrogens with one attached hydrogen (secondary N) is 1. The smallest absolute Gasteiger partial charge is 0.337 e. The molecule has 1 aromatic carbocycles. The number of aliphatic hydroxyl groups excluding tert-OH is 1. The summed E-state index contributed by atoms with van der Waals surface area (Å²) < 4.78 is 13.4. The van der Waals surface area contributed by atoms with E-state index in [1.807, 2.05) is 0 Å². The molecule has 0 radical (unpaired) electrons. The predicted molar refractivity (Wildman–Crippen MR) is 58.1 cm³/mol. The van der Waals surface area contributed by atoms with Crippen LogP contribution in [0.5, 0.6) is 0 Å². The van der Waals surface area contributed by atoms with E-state index in [0.29, 0.717) is 6.54 Å². The van der Waals surface area contributed by atoms with Crippen LogP contribution in [-0.2, 0) is 0 Å². The monoisotopic (exact) mass is 227 g/mol. The van der Waals surface area contributed by atoms with Gasteiger partial charge in [-0.15, -0.1) is 0 Å². The lowest BCUT2D eigenvalue weighted by Crippen LogP contribution is -2.17. The summed E-state index contributed by atoms with van der Waals surface area (Å²) in [6.07, 6.45) is 0. The van der Waals surface area contributed by atoms with Gasteiger partial charge in [-0.05, 0) is 18.1 Å². The van der Waals surface area contributed by atoms with Crippen molar-refractivity contribution in [3.05, 3.63) is 29.6 Å². The van der Waals surface area contributed by atoms with E-state index >= 15 is 0 Å². The zero-order valence-electron chi connectivity index (χ0n) is 8.90. The van der Waals surface area contributed by atoms with Crippen LogP contribution in [-0.4, -0.2) is 29.3 Å². The summed E-state index contributed by atoms with van der Waals surface area (Å²) in [5.41, 5.74) is -0.138. The molecule has 0 spiro atoms. The third-order valence-corrected chi connectivity index (χ3v) is 2.18. The molecular weight excluding hydrogens is 213 g/mol. The molecule has 1 unspecified atom stereocenters. The quantitative estimate of drug-likeness (QED) is 0.714. The second kappa shape index (κ2) is 5.46. The minimum atomic E-state index is -1.18. The summed E-state index contributed by atoms with van der Waals surface area (Å²) in [7, 11) is 0. The first-order chi connectivity index (χ1) is 7.56. The number of hydrogen-bond acceptors (Lipinski definition) is 3. The fraction of sp³-hybridized carbons (Fsp3) is 0.364. The van der Waals surface area contributed by atoms with Crippen molar-refractivity contribution in [2.45, 2.75) is 6.92 Å². The van der Waals surface area contributed by atoms with Gasteiger partial charge in [0.1, 0.15) is 5.82 Å². The summed E-state index contributed by atoms with van der Waals surface area (Å²) in [5.74, 6) is -1.86. The van der Waals surface area contributed by atoms with E-state index in [0.717, 1.165) is 0 Å². The number of rotatable bonds is 5. The van der Waals surface area contributed by atoms with Gasteiger partial charge < -0.3 is 15.5 Å². The Labute approximate surface area is 92.7 Å². The lowest BCUT2D eigenvalue weighted by molar-refractivity contribution is 0.0697. The van der Waals surface area contributed by atoms with Gasteiger partial charge in [-0.25, -0.2) is 9.18 Å². The molecule has 0 amide bonds. The number of hydrogen-bond donors (Lipinski definition) is 3. The minimum Gasteiger partial charge on any atom is -0.478 e. The number of carboxylic acid groups (broad SMARTS) is 1. The zero-order chi connectivity index (χ0) is 12.1. The molecule has 1 aromatic rings.